The second-order valence-electron chi connectivity index (χ2n) is 14.3. The third-order valence-corrected chi connectivity index (χ3v) is 11.7. The smallest absolute Gasteiger partial charge is 0.146 e. The lowest BCUT2D eigenvalue weighted by atomic mass is 9.98. The summed E-state index contributed by atoms with van der Waals surface area (Å²) in [6.07, 6.45) is 2.13. The van der Waals surface area contributed by atoms with Crippen LogP contribution in [0.15, 0.2) is 170 Å². The van der Waals surface area contributed by atoms with E-state index in [-0.39, 0.29) is 0 Å². The molecule has 0 aliphatic carbocycles. The van der Waals surface area contributed by atoms with Gasteiger partial charge in [-0.25, -0.2) is 4.98 Å². The summed E-state index contributed by atoms with van der Waals surface area (Å²) in [6.45, 7) is 0. The molecule has 0 amide bonds. The first kappa shape index (κ1) is 27.5. The van der Waals surface area contributed by atoms with Crippen molar-refractivity contribution in [1.29, 1.82) is 0 Å². The van der Waals surface area contributed by atoms with Crippen LogP contribution < -0.4 is 4.90 Å². The van der Waals surface area contributed by atoms with Crippen molar-refractivity contribution in [3.63, 3.8) is 0 Å². The molecule has 5 aromatic heterocycles. The number of hydrogen-bond acceptors (Lipinski definition) is 2. The zero-order chi connectivity index (χ0) is 34.4. The van der Waals surface area contributed by atoms with Crippen molar-refractivity contribution < 1.29 is 0 Å². The summed E-state index contributed by atoms with van der Waals surface area (Å²) in [6, 6.07) is 59.6. The van der Waals surface area contributed by atoms with Crippen LogP contribution in [0.1, 0.15) is 0 Å². The van der Waals surface area contributed by atoms with Gasteiger partial charge in [0.05, 0.1) is 39.5 Å². The van der Waals surface area contributed by atoms with E-state index in [0.717, 1.165) is 33.7 Å². The summed E-state index contributed by atoms with van der Waals surface area (Å²) in [4.78, 5) is 7.88. The molecule has 5 heterocycles. The topological polar surface area (TPSA) is 24.9 Å². The molecule has 0 spiro atoms. The van der Waals surface area contributed by atoms with Gasteiger partial charge in [0.15, 0.2) is 0 Å². The van der Waals surface area contributed by atoms with Crippen molar-refractivity contribution in [2.24, 2.45) is 0 Å². The zero-order valence-electron chi connectivity index (χ0n) is 28.5. The Morgan fingerprint density at radius 1 is 0.377 bits per heavy atom. The van der Waals surface area contributed by atoms with E-state index in [1.165, 1.54) is 81.2 Å². The normalized spacial score (nSPS) is 12.5. The molecule has 13 rings (SSSR count). The van der Waals surface area contributed by atoms with E-state index in [1.54, 1.807) is 0 Å². The average molecular weight is 673 g/mol. The van der Waals surface area contributed by atoms with Crippen LogP contribution in [0.3, 0.4) is 0 Å². The van der Waals surface area contributed by atoms with Gasteiger partial charge in [-0.05, 0) is 52.6 Å². The highest BCUT2D eigenvalue weighted by Gasteiger charge is 2.28. The summed E-state index contributed by atoms with van der Waals surface area (Å²) >= 11 is 0. The van der Waals surface area contributed by atoms with Crippen LogP contribution in [-0.4, -0.2) is 13.8 Å². The molecule has 4 nitrogen and oxygen atoms in total. The third-order valence-electron chi connectivity index (χ3n) is 11.7. The van der Waals surface area contributed by atoms with Crippen molar-refractivity contribution in [2.75, 3.05) is 4.90 Å². The monoisotopic (exact) mass is 672 g/mol. The van der Waals surface area contributed by atoms with Crippen LogP contribution in [0.4, 0.5) is 17.1 Å². The molecule has 0 bridgehead atoms. The van der Waals surface area contributed by atoms with Crippen molar-refractivity contribution in [1.82, 2.24) is 13.8 Å². The van der Waals surface area contributed by atoms with Crippen LogP contribution in [0, 0.1) is 0 Å². The summed E-state index contributed by atoms with van der Waals surface area (Å²) in [5.41, 5.74) is 10.4. The number of benzene rings is 8. The van der Waals surface area contributed by atoms with Gasteiger partial charge in [0, 0.05) is 59.9 Å². The zero-order valence-corrected chi connectivity index (χ0v) is 28.5. The second kappa shape index (κ2) is 9.78. The first-order valence-corrected chi connectivity index (χ1v) is 18.2. The summed E-state index contributed by atoms with van der Waals surface area (Å²) in [7, 11) is 0. The van der Waals surface area contributed by atoms with E-state index in [2.05, 4.69) is 184 Å². The number of pyridine rings is 1. The second-order valence-corrected chi connectivity index (χ2v) is 14.3. The Morgan fingerprint density at radius 3 is 1.77 bits per heavy atom. The summed E-state index contributed by atoms with van der Waals surface area (Å²) in [5.74, 6) is 0. The van der Waals surface area contributed by atoms with Crippen LogP contribution in [-0.2, 0) is 0 Å². The number of fused-ring (bicyclic) bond motifs is 17. The highest BCUT2D eigenvalue weighted by atomic mass is 15.2. The predicted molar refractivity (Wildman–Crippen MR) is 223 cm³/mol. The van der Waals surface area contributed by atoms with E-state index >= 15 is 0 Å². The molecule has 0 N–H and O–H groups in total. The molecule has 0 aliphatic rings. The molecule has 0 saturated heterocycles. The molecule has 8 aromatic carbocycles. The van der Waals surface area contributed by atoms with Gasteiger partial charge in [0.25, 0.3) is 0 Å². The fraction of sp³-hybridized carbons (Fsp3) is 0. The Morgan fingerprint density at radius 2 is 0.981 bits per heavy atom. The molecular weight excluding hydrogens is 645 g/mol. The Bertz CT molecular complexity index is 3580. The number of hydrogen-bond donors (Lipinski definition) is 0. The van der Waals surface area contributed by atoms with Gasteiger partial charge in [-0.1, -0.05) is 127 Å². The molecular formula is C49H28N4. The Balaban J connectivity index is 1.28. The number of para-hydroxylation sites is 4. The molecule has 0 fully saturated rings. The van der Waals surface area contributed by atoms with Crippen molar-refractivity contribution in [2.45, 2.75) is 0 Å². The Hall–Kier alpha value is -7.17. The van der Waals surface area contributed by atoms with E-state index in [0.29, 0.717) is 0 Å². The maximum Gasteiger partial charge on any atom is 0.146 e. The number of aromatic nitrogens is 3. The van der Waals surface area contributed by atoms with E-state index in [9.17, 15) is 0 Å². The first-order valence-electron chi connectivity index (χ1n) is 18.2. The van der Waals surface area contributed by atoms with Gasteiger partial charge in [0.2, 0.25) is 0 Å². The fourth-order valence-corrected chi connectivity index (χ4v) is 9.71. The maximum absolute atomic E-state index is 5.49. The van der Waals surface area contributed by atoms with Crippen LogP contribution in [0.25, 0.3) is 97.9 Å². The first-order chi connectivity index (χ1) is 26.3. The summed E-state index contributed by atoms with van der Waals surface area (Å²) < 4.78 is 4.96. The van der Waals surface area contributed by atoms with E-state index in [1.807, 2.05) is 0 Å². The van der Waals surface area contributed by atoms with Crippen LogP contribution in [0.2, 0.25) is 0 Å². The minimum atomic E-state index is 0.986. The number of rotatable bonds is 3. The van der Waals surface area contributed by atoms with E-state index in [4.69, 9.17) is 4.98 Å². The van der Waals surface area contributed by atoms with Gasteiger partial charge < -0.3 is 9.30 Å². The minimum Gasteiger partial charge on any atom is -0.308 e. The molecule has 4 heteroatoms. The van der Waals surface area contributed by atoms with Crippen molar-refractivity contribution in [3.05, 3.63) is 170 Å². The SMILES string of the molecule is c1ccc(N(c2ccccc2)c2cccc3c4c5ccccc5cc5c6c7c8cccc9c%10ccc%11ccccc%11c%10n(c7cnc6n(c23)c54)c98)cc1. The van der Waals surface area contributed by atoms with Gasteiger partial charge >= 0.3 is 0 Å². The highest BCUT2D eigenvalue weighted by Crippen LogP contribution is 2.50. The minimum absolute atomic E-state index is 0.986. The standard InChI is InChI=1S/C49H28N4/c1-3-15-31(16-4-1)51(32-17-5-2-6-18-32)40-24-12-23-37-42-33-19-9-8-14-30(33)27-39-44-43-38-22-11-21-35-36-26-25-29-13-7-10-20-34(29)45(36)52(46(35)38)41(43)28-50-49(44)53(47(37)40)48(39)42/h1-28H. The van der Waals surface area contributed by atoms with E-state index < -0.39 is 0 Å². The van der Waals surface area contributed by atoms with Gasteiger partial charge in [-0.2, -0.15) is 0 Å². The molecule has 0 saturated carbocycles. The Kier molecular flexibility index (Phi) is 5.08. The number of anilines is 3. The van der Waals surface area contributed by atoms with Crippen LogP contribution >= 0.6 is 0 Å². The molecule has 0 radical (unpaired) electrons. The average Bonchev–Trinajstić information content (AvgIpc) is 3.95. The van der Waals surface area contributed by atoms with Gasteiger partial charge in [0.1, 0.15) is 5.65 Å². The lowest BCUT2D eigenvalue weighted by Gasteiger charge is -2.26. The highest BCUT2D eigenvalue weighted by molar-refractivity contribution is 6.39. The summed E-state index contributed by atoms with van der Waals surface area (Å²) in [5, 5.41) is 15.0. The molecule has 53 heavy (non-hydrogen) atoms. The molecule has 0 atom stereocenters. The molecule has 0 aliphatic heterocycles. The third kappa shape index (κ3) is 3.34. The lowest BCUT2D eigenvalue weighted by Crippen LogP contribution is -2.10. The fourth-order valence-electron chi connectivity index (χ4n) is 9.71. The Labute approximate surface area is 302 Å². The van der Waals surface area contributed by atoms with Gasteiger partial charge in [-0.3, -0.25) is 4.40 Å². The quantitative estimate of drug-likeness (QED) is 0.187. The predicted octanol–water partition coefficient (Wildman–Crippen LogP) is 13.2. The largest absolute Gasteiger partial charge is 0.308 e. The van der Waals surface area contributed by atoms with Gasteiger partial charge in [-0.15, -0.1) is 0 Å². The molecule has 13 aromatic rings. The maximum atomic E-state index is 5.49. The lowest BCUT2D eigenvalue weighted by molar-refractivity contribution is 1.24. The number of nitrogens with zero attached hydrogens (tertiary/aromatic N) is 4. The molecule has 0 unspecified atom stereocenters. The van der Waals surface area contributed by atoms with Crippen molar-refractivity contribution >= 4 is 115 Å². The van der Waals surface area contributed by atoms with Crippen molar-refractivity contribution in [3.8, 4) is 0 Å². The molecule has 244 valence electrons. The van der Waals surface area contributed by atoms with Crippen LogP contribution in [0.5, 0.6) is 0 Å².